The lowest BCUT2D eigenvalue weighted by Crippen LogP contribution is -1.83. The van der Waals surface area contributed by atoms with Crippen molar-refractivity contribution in [2.45, 2.75) is 19.8 Å². The fourth-order valence-electron chi connectivity index (χ4n) is 1.06. The van der Waals surface area contributed by atoms with Gasteiger partial charge in [0.2, 0.25) is 5.95 Å². The van der Waals surface area contributed by atoms with E-state index in [0.717, 1.165) is 10.5 Å². The molecular formula is C9H9FN2S. The van der Waals surface area contributed by atoms with Crippen LogP contribution < -0.4 is 0 Å². The minimum Gasteiger partial charge on any atom is -0.239 e. The Morgan fingerprint density at radius 3 is 2.77 bits per heavy atom. The van der Waals surface area contributed by atoms with Crippen molar-refractivity contribution in [3.8, 4) is 0 Å². The van der Waals surface area contributed by atoms with Gasteiger partial charge in [0.25, 0.3) is 0 Å². The Morgan fingerprint density at radius 2 is 2.08 bits per heavy atom. The summed E-state index contributed by atoms with van der Waals surface area (Å²) in [7, 11) is 0. The number of fused-ring (bicyclic) bond motifs is 1. The summed E-state index contributed by atoms with van der Waals surface area (Å²) < 4.78 is 12.7. The minimum atomic E-state index is -0.438. The first-order chi connectivity index (χ1) is 6.16. The predicted molar refractivity (Wildman–Crippen MR) is 51.5 cm³/mol. The summed E-state index contributed by atoms with van der Waals surface area (Å²) in [5, 5.41) is 1.01. The largest absolute Gasteiger partial charge is 0.239 e. The summed E-state index contributed by atoms with van der Waals surface area (Å²) in [6, 6.07) is 3.01. The molecule has 0 saturated heterocycles. The molecule has 4 heteroatoms. The smallest absolute Gasteiger partial charge is 0.214 e. The highest BCUT2D eigenvalue weighted by atomic mass is 32.1. The molecule has 0 unspecified atom stereocenters. The molecule has 2 aromatic rings. The van der Waals surface area contributed by atoms with E-state index >= 15 is 0 Å². The highest BCUT2D eigenvalue weighted by Crippen LogP contribution is 2.25. The van der Waals surface area contributed by atoms with E-state index < -0.39 is 5.95 Å². The Hall–Kier alpha value is -1.03. The molecule has 0 amide bonds. The van der Waals surface area contributed by atoms with Gasteiger partial charge in [0.15, 0.2) is 0 Å². The minimum absolute atomic E-state index is 0.377. The standard InChI is InChI=1S/C9H9FN2S/c1-5(2)8-11-6-3-4-7(10)12-9(6)13-8/h3-5H,1-2H3. The van der Waals surface area contributed by atoms with Gasteiger partial charge in [0, 0.05) is 5.92 Å². The second kappa shape index (κ2) is 3.03. The van der Waals surface area contributed by atoms with Crippen LogP contribution in [0.25, 0.3) is 10.3 Å². The average molecular weight is 196 g/mol. The van der Waals surface area contributed by atoms with Crippen LogP contribution in [0.2, 0.25) is 0 Å². The van der Waals surface area contributed by atoms with Crippen LogP contribution in [0.3, 0.4) is 0 Å². The third-order valence-corrected chi connectivity index (χ3v) is 3.00. The molecule has 2 aromatic heterocycles. The van der Waals surface area contributed by atoms with Crippen LogP contribution in [0.15, 0.2) is 12.1 Å². The van der Waals surface area contributed by atoms with Crippen molar-refractivity contribution in [1.82, 2.24) is 9.97 Å². The van der Waals surface area contributed by atoms with E-state index in [1.165, 1.54) is 17.4 Å². The third kappa shape index (κ3) is 1.54. The van der Waals surface area contributed by atoms with Crippen molar-refractivity contribution >= 4 is 21.7 Å². The van der Waals surface area contributed by atoms with Gasteiger partial charge >= 0.3 is 0 Å². The molecule has 0 aliphatic heterocycles. The lowest BCUT2D eigenvalue weighted by molar-refractivity contribution is 0.589. The summed E-state index contributed by atoms with van der Waals surface area (Å²) in [5.74, 6) is -0.0614. The summed E-state index contributed by atoms with van der Waals surface area (Å²) in [6.07, 6.45) is 0. The zero-order valence-corrected chi connectivity index (χ0v) is 8.23. The Bertz CT molecular complexity index is 436. The van der Waals surface area contributed by atoms with Crippen molar-refractivity contribution < 1.29 is 4.39 Å². The van der Waals surface area contributed by atoms with Crippen LogP contribution in [0.5, 0.6) is 0 Å². The number of thiazole rings is 1. The highest BCUT2D eigenvalue weighted by molar-refractivity contribution is 7.18. The molecule has 0 aromatic carbocycles. The van der Waals surface area contributed by atoms with Crippen LogP contribution >= 0.6 is 11.3 Å². The number of hydrogen-bond donors (Lipinski definition) is 0. The number of aromatic nitrogens is 2. The highest BCUT2D eigenvalue weighted by Gasteiger charge is 2.08. The van der Waals surface area contributed by atoms with Gasteiger partial charge < -0.3 is 0 Å². The van der Waals surface area contributed by atoms with Crippen molar-refractivity contribution in [1.29, 1.82) is 0 Å². The number of halogens is 1. The second-order valence-electron chi connectivity index (χ2n) is 3.17. The summed E-state index contributed by atoms with van der Waals surface area (Å²) in [5.41, 5.74) is 0.787. The van der Waals surface area contributed by atoms with E-state index in [1.807, 2.05) is 0 Å². The summed E-state index contributed by atoms with van der Waals surface area (Å²) in [6.45, 7) is 4.13. The van der Waals surface area contributed by atoms with Crippen molar-refractivity contribution in [2.24, 2.45) is 0 Å². The monoisotopic (exact) mass is 196 g/mol. The van der Waals surface area contributed by atoms with Gasteiger partial charge in [0.05, 0.1) is 5.01 Å². The van der Waals surface area contributed by atoms with Crippen molar-refractivity contribution in [2.75, 3.05) is 0 Å². The van der Waals surface area contributed by atoms with Crippen LogP contribution in [-0.4, -0.2) is 9.97 Å². The average Bonchev–Trinajstić information content (AvgIpc) is 2.46. The molecule has 0 saturated carbocycles. The third-order valence-electron chi connectivity index (χ3n) is 1.73. The molecule has 0 spiro atoms. The van der Waals surface area contributed by atoms with Gasteiger partial charge in [-0.05, 0) is 12.1 Å². The van der Waals surface area contributed by atoms with Crippen LogP contribution in [-0.2, 0) is 0 Å². The molecule has 0 atom stereocenters. The fourth-order valence-corrected chi connectivity index (χ4v) is 1.99. The molecular weight excluding hydrogens is 187 g/mol. The zero-order valence-electron chi connectivity index (χ0n) is 7.41. The Kier molecular flexibility index (Phi) is 2.00. The molecule has 13 heavy (non-hydrogen) atoms. The maximum atomic E-state index is 12.7. The lowest BCUT2D eigenvalue weighted by Gasteiger charge is -1.94. The molecule has 0 fully saturated rings. The van der Waals surface area contributed by atoms with Crippen LogP contribution in [0.4, 0.5) is 4.39 Å². The molecule has 0 aliphatic carbocycles. The SMILES string of the molecule is CC(C)c1nc2ccc(F)nc2s1. The first-order valence-electron chi connectivity index (χ1n) is 4.10. The maximum Gasteiger partial charge on any atom is 0.214 e. The zero-order chi connectivity index (χ0) is 9.42. The normalized spacial score (nSPS) is 11.4. The summed E-state index contributed by atoms with van der Waals surface area (Å²) >= 11 is 1.46. The Labute approximate surface area is 79.5 Å². The van der Waals surface area contributed by atoms with E-state index in [2.05, 4.69) is 23.8 Å². The van der Waals surface area contributed by atoms with Crippen molar-refractivity contribution in [3.05, 3.63) is 23.1 Å². The van der Waals surface area contributed by atoms with E-state index in [4.69, 9.17) is 0 Å². The first kappa shape index (κ1) is 8.56. The van der Waals surface area contributed by atoms with Gasteiger partial charge in [-0.25, -0.2) is 9.97 Å². The second-order valence-corrected chi connectivity index (χ2v) is 4.17. The van der Waals surface area contributed by atoms with E-state index in [9.17, 15) is 4.39 Å². The number of rotatable bonds is 1. The quantitative estimate of drug-likeness (QED) is 0.655. The predicted octanol–water partition coefficient (Wildman–Crippen LogP) is 2.95. The van der Waals surface area contributed by atoms with Crippen LogP contribution in [0, 0.1) is 5.95 Å². The lowest BCUT2D eigenvalue weighted by atomic mass is 10.2. The molecule has 0 N–H and O–H groups in total. The number of hydrogen-bond acceptors (Lipinski definition) is 3. The summed E-state index contributed by atoms with van der Waals surface area (Å²) in [4.78, 5) is 8.79. The maximum absolute atomic E-state index is 12.7. The molecule has 2 heterocycles. The molecule has 2 rings (SSSR count). The van der Waals surface area contributed by atoms with Gasteiger partial charge in [-0.1, -0.05) is 25.2 Å². The van der Waals surface area contributed by atoms with Crippen LogP contribution in [0.1, 0.15) is 24.8 Å². The van der Waals surface area contributed by atoms with Gasteiger partial charge in [-0.15, -0.1) is 0 Å². The molecule has 0 bridgehead atoms. The van der Waals surface area contributed by atoms with Gasteiger partial charge in [-0.3, -0.25) is 0 Å². The Morgan fingerprint density at radius 1 is 1.31 bits per heavy atom. The topological polar surface area (TPSA) is 25.8 Å². The molecule has 0 radical (unpaired) electrons. The first-order valence-corrected chi connectivity index (χ1v) is 4.91. The van der Waals surface area contributed by atoms with Gasteiger partial charge in [0.1, 0.15) is 10.3 Å². The van der Waals surface area contributed by atoms with E-state index in [0.29, 0.717) is 10.7 Å². The number of pyridine rings is 1. The molecule has 68 valence electrons. The van der Waals surface area contributed by atoms with E-state index in [1.54, 1.807) is 6.07 Å². The molecule has 2 nitrogen and oxygen atoms in total. The Balaban J connectivity index is 2.62. The number of nitrogens with zero attached hydrogens (tertiary/aromatic N) is 2. The molecule has 0 aliphatic rings. The van der Waals surface area contributed by atoms with E-state index in [-0.39, 0.29) is 0 Å². The fraction of sp³-hybridized carbons (Fsp3) is 0.333. The van der Waals surface area contributed by atoms with Gasteiger partial charge in [-0.2, -0.15) is 4.39 Å². The van der Waals surface area contributed by atoms with Crippen molar-refractivity contribution in [3.63, 3.8) is 0 Å².